The molecule has 3 aromatic rings. The number of carbonyl (C=O) groups is 1. The smallest absolute Gasteiger partial charge is 0.228 e. The second kappa shape index (κ2) is 9.14. The van der Waals surface area contributed by atoms with E-state index in [2.05, 4.69) is 15.6 Å². The zero-order valence-electron chi connectivity index (χ0n) is 14.6. The van der Waals surface area contributed by atoms with E-state index in [4.69, 9.17) is 11.6 Å². The van der Waals surface area contributed by atoms with Crippen LogP contribution in [-0.2, 0) is 17.6 Å². The molecule has 0 unspecified atom stereocenters. The minimum absolute atomic E-state index is 0.126. The molecule has 27 heavy (non-hydrogen) atoms. The van der Waals surface area contributed by atoms with Crippen LogP contribution in [0, 0.1) is 5.82 Å². The van der Waals surface area contributed by atoms with Gasteiger partial charge in [0.05, 0.1) is 18.3 Å². The number of benzene rings is 2. The van der Waals surface area contributed by atoms with Gasteiger partial charge in [0.2, 0.25) is 5.91 Å². The Kier molecular flexibility index (Phi) is 6.39. The van der Waals surface area contributed by atoms with E-state index in [1.807, 2.05) is 18.2 Å². The number of nitrogens with one attached hydrogen (secondary N) is 2. The molecule has 0 saturated heterocycles. The van der Waals surface area contributed by atoms with Crippen molar-refractivity contribution in [2.75, 3.05) is 17.2 Å². The highest BCUT2D eigenvalue weighted by atomic mass is 35.5. The number of carbonyl (C=O) groups excluding carboxylic acids is 1. The average molecular weight is 384 g/mol. The monoisotopic (exact) mass is 383 g/mol. The SMILES string of the molecule is O=C(Cc1ccc(Cl)cc1)Nc1ccc(NCCc2ccccc2F)nc1. The van der Waals surface area contributed by atoms with Crippen LogP contribution in [0.3, 0.4) is 0 Å². The first-order valence-corrected chi connectivity index (χ1v) is 8.95. The molecule has 2 aromatic carbocycles. The highest BCUT2D eigenvalue weighted by molar-refractivity contribution is 6.30. The summed E-state index contributed by atoms with van der Waals surface area (Å²) in [5.41, 5.74) is 2.17. The normalized spacial score (nSPS) is 10.4. The topological polar surface area (TPSA) is 54.0 Å². The van der Waals surface area contributed by atoms with E-state index in [0.717, 1.165) is 5.56 Å². The Hall–Kier alpha value is -2.92. The highest BCUT2D eigenvalue weighted by Crippen LogP contribution is 2.13. The number of hydrogen-bond donors (Lipinski definition) is 2. The quantitative estimate of drug-likeness (QED) is 0.621. The van der Waals surface area contributed by atoms with Crippen LogP contribution in [0.1, 0.15) is 11.1 Å². The van der Waals surface area contributed by atoms with Gasteiger partial charge in [0, 0.05) is 11.6 Å². The maximum Gasteiger partial charge on any atom is 0.228 e. The molecule has 0 aliphatic heterocycles. The van der Waals surface area contributed by atoms with Gasteiger partial charge in [-0.25, -0.2) is 9.37 Å². The van der Waals surface area contributed by atoms with Crippen molar-refractivity contribution in [3.05, 3.63) is 88.8 Å². The van der Waals surface area contributed by atoms with Crippen LogP contribution >= 0.6 is 11.6 Å². The van der Waals surface area contributed by atoms with Crippen molar-refractivity contribution in [3.63, 3.8) is 0 Å². The molecule has 138 valence electrons. The van der Waals surface area contributed by atoms with E-state index in [1.165, 1.54) is 6.07 Å². The van der Waals surface area contributed by atoms with Gasteiger partial charge in [-0.2, -0.15) is 0 Å². The maximum atomic E-state index is 13.6. The lowest BCUT2D eigenvalue weighted by atomic mass is 10.1. The van der Waals surface area contributed by atoms with Gasteiger partial charge in [-0.05, 0) is 47.9 Å². The Morgan fingerprint density at radius 3 is 2.52 bits per heavy atom. The minimum atomic E-state index is -0.203. The van der Waals surface area contributed by atoms with Crippen LogP contribution in [0.2, 0.25) is 5.02 Å². The Morgan fingerprint density at radius 1 is 1.04 bits per heavy atom. The van der Waals surface area contributed by atoms with E-state index in [1.54, 1.807) is 42.6 Å². The largest absolute Gasteiger partial charge is 0.370 e. The molecule has 0 atom stereocenters. The zero-order valence-corrected chi connectivity index (χ0v) is 15.3. The highest BCUT2D eigenvalue weighted by Gasteiger charge is 2.05. The zero-order chi connectivity index (χ0) is 19.1. The molecule has 1 amide bonds. The molecule has 3 rings (SSSR count). The molecule has 6 heteroatoms. The molecule has 1 heterocycles. The van der Waals surface area contributed by atoms with Crippen LogP contribution in [0.5, 0.6) is 0 Å². The Morgan fingerprint density at radius 2 is 1.81 bits per heavy atom. The van der Waals surface area contributed by atoms with E-state index in [9.17, 15) is 9.18 Å². The predicted molar refractivity (Wildman–Crippen MR) is 107 cm³/mol. The number of anilines is 2. The summed E-state index contributed by atoms with van der Waals surface area (Å²) in [5, 5.41) is 6.59. The first-order valence-electron chi connectivity index (χ1n) is 8.58. The van der Waals surface area contributed by atoms with Gasteiger partial charge < -0.3 is 10.6 Å². The number of hydrogen-bond acceptors (Lipinski definition) is 3. The molecule has 0 saturated carbocycles. The van der Waals surface area contributed by atoms with Gasteiger partial charge in [0.1, 0.15) is 11.6 Å². The third-order valence-corrected chi connectivity index (χ3v) is 4.24. The molecule has 0 spiro atoms. The molecule has 0 bridgehead atoms. The van der Waals surface area contributed by atoms with Crippen molar-refractivity contribution in [3.8, 4) is 0 Å². The molecule has 0 radical (unpaired) electrons. The maximum absolute atomic E-state index is 13.6. The van der Waals surface area contributed by atoms with Crippen molar-refractivity contribution >= 4 is 29.0 Å². The van der Waals surface area contributed by atoms with Gasteiger partial charge in [0.15, 0.2) is 0 Å². The lowest BCUT2D eigenvalue weighted by Crippen LogP contribution is -2.14. The van der Waals surface area contributed by atoms with Gasteiger partial charge >= 0.3 is 0 Å². The number of amides is 1. The molecular weight excluding hydrogens is 365 g/mol. The first-order chi connectivity index (χ1) is 13.1. The Balaban J connectivity index is 1.47. The Labute approximate surface area is 162 Å². The van der Waals surface area contributed by atoms with Crippen molar-refractivity contribution in [1.29, 1.82) is 0 Å². The predicted octanol–water partition coefficient (Wildman–Crippen LogP) is 4.71. The van der Waals surface area contributed by atoms with Gasteiger partial charge in [-0.1, -0.05) is 41.9 Å². The molecule has 4 nitrogen and oxygen atoms in total. The summed E-state index contributed by atoms with van der Waals surface area (Å²) in [4.78, 5) is 16.4. The number of nitrogens with zero attached hydrogens (tertiary/aromatic N) is 1. The van der Waals surface area contributed by atoms with Crippen molar-refractivity contribution in [2.24, 2.45) is 0 Å². The van der Waals surface area contributed by atoms with Crippen molar-refractivity contribution in [1.82, 2.24) is 4.98 Å². The fourth-order valence-electron chi connectivity index (χ4n) is 2.59. The Bertz CT molecular complexity index is 898. The standard InChI is InChI=1S/C21H19ClFN3O/c22-17-7-5-15(6-8-17)13-21(27)26-18-9-10-20(25-14-18)24-12-11-16-3-1-2-4-19(16)23/h1-10,14H,11-13H2,(H,24,25)(H,26,27). The molecule has 0 aliphatic carbocycles. The van der Waals surface area contributed by atoms with Gasteiger partial charge in [0.25, 0.3) is 0 Å². The lowest BCUT2D eigenvalue weighted by Gasteiger charge is -2.08. The fraction of sp³-hybridized carbons (Fsp3) is 0.143. The molecule has 2 N–H and O–H groups in total. The summed E-state index contributed by atoms with van der Waals surface area (Å²) >= 11 is 5.84. The van der Waals surface area contributed by atoms with Gasteiger partial charge in [-0.15, -0.1) is 0 Å². The molecule has 0 fully saturated rings. The second-order valence-electron chi connectivity index (χ2n) is 6.05. The van der Waals surface area contributed by atoms with E-state index in [-0.39, 0.29) is 18.1 Å². The minimum Gasteiger partial charge on any atom is -0.370 e. The van der Waals surface area contributed by atoms with E-state index >= 15 is 0 Å². The first kappa shape index (κ1) is 18.9. The van der Waals surface area contributed by atoms with Crippen LogP contribution in [0.4, 0.5) is 15.9 Å². The van der Waals surface area contributed by atoms with Crippen LogP contribution < -0.4 is 10.6 Å². The fourth-order valence-corrected chi connectivity index (χ4v) is 2.72. The summed E-state index contributed by atoms with van der Waals surface area (Å²) in [6.07, 6.45) is 2.42. The second-order valence-corrected chi connectivity index (χ2v) is 6.49. The van der Waals surface area contributed by atoms with Crippen molar-refractivity contribution in [2.45, 2.75) is 12.8 Å². The molecule has 0 aliphatic rings. The molecular formula is C21H19ClFN3O. The third kappa shape index (κ3) is 5.79. The van der Waals surface area contributed by atoms with E-state index < -0.39 is 0 Å². The number of halogens is 2. The summed E-state index contributed by atoms with van der Waals surface area (Å²) in [6, 6.07) is 17.4. The van der Waals surface area contributed by atoms with Crippen LogP contribution in [0.25, 0.3) is 0 Å². The lowest BCUT2D eigenvalue weighted by molar-refractivity contribution is -0.115. The van der Waals surface area contributed by atoms with E-state index in [0.29, 0.717) is 35.1 Å². The van der Waals surface area contributed by atoms with Crippen molar-refractivity contribution < 1.29 is 9.18 Å². The van der Waals surface area contributed by atoms with Crippen LogP contribution in [-0.4, -0.2) is 17.4 Å². The molecule has 1 aromatic heterocycles. The third-order valence-electron chi connectivity index (χ3n) is 3.98. The summed E-state index contributed by atoms with van der Waals surface area (Å²) in [7, 11) is 0. The summed E-state index contributed by atoms with van der Waals surface area (Å²) in [6.45, 7) is 0.566. The van der Waals surface area contributed by atoms with Crippen LogP contribution in [0.15, 0.2) is 66.9 Å². The average Bonchev–Trinajstić information content (AvgIpc) is 2.66. The number of rotatable bonds is 7. The number of aromatic nitrogens is 1. The summed E-state index contributed by atoms with van der Waals surface area (Å²) in [5.74, 6) is 0.340. The number of pyridine rings is 1. The van der Waals surface area contributed by atoms with Gasteiger partial charge in [-0.3, -0.25) is 4.79 Å². The summed E-state index contributed by atoms with van der Waals surface area (Å²) < 4.78 is 13.6.